The zero-order valence-electron chi connectivity index (χ0n) is 11.7. The molecular weight excluding hydrogens is 284 g/mol. The number of benzene rings is 1. The third kappa shape index (κ3) is 2.69. The number of hydrogen-bond donors (Lipinski definition) is 2. The average Bonchev–Trinajstić information content (AvgIpc) is 3.08. The van der Waals surface area contributed by atoms with Gasteiger partial charge in [-0.15, -0.1) is 11.3 Å². The number of para-hydroxylation sites is 1. The van der Waals surface area contributed by atoms with E-state index in [0.717, 1.165) is 23.3 Å². The van der Waals surface area contributed by atoms with Crippen LogP contribution in [0.1, 0.15) is 39.0 Å². The molecule has 1 aromatic carbocycles. The summed E-state index contributed by atoms with van der Waals surface area (Å²) in [5, 5.41) is 15.0. The standard InChI is InChI=1S/C16H16N2O2S/c1-10(18-20)12-6-2-3-7-13(12)17-16(19)15-9-11-5-4-8-14(11)21-15/h2-3,6-7,9,20H,4-5,8H2,1H3,(H,17,19)/b18-10+. The first-order chi connectivity index (χ1) is 10.2. The summed E-state index contributed by atoms with van der Waals surface area (Å²) in [5.74, 6) is -0.104. The highest BCUT2D eigenvalue weighted by atomic mass is 32.1. The molecule has 5 heteroatoms. The van der Waals surface area contributed by atoms with Gasteiger partial charge in [-0.3, -0.25) is 4.79 Å². The van der Waals surface area contributed by atoms with Crippen LogP contribution in [0.4, 0.5) is 5.69 Å². The molecule has 108 valence electrons. The Bertz CT molecular complexity index is 697. The largest absolute Gasteiger partial charge is 0.411 e. The zero-order valence-corrected chi connectivity index (χ0v) is 12.5. The van der Waals surface area contributed by atoms with E-state index in [1.54, 1.807) is 18.3 Å². The molecule has 0 saturated heterocycles. The molecule has 0 spiro atoms. The van der Waals surface area contributed by atoms with E-state index in [1.165, 1.54) is 16.9 Å². The summed E-state index contributed by atoms with van der Waals surface area (Å²) in [6.07, 6.45) is 3.35. The molecular formula is C16H16N2O2S. The van der Waals surface area contributed by atoms with Crippen LogP contribution in [-0.2, 0) is 12.8 Å². The van der Waals surface area contributed by atoms with Gasteiger partial charge in [0.2, 0.25) is 0 Å². The van der Waals surface area contributed by atoms with Gasteiger partial charge in [0, 0.05) is 10.4 Å². The number of amides is 1. The van der Waals surface area contributed by atoms with Crippen LogP contribution >= 0.6 is 11.3 Å². The number of anilines is 1. The van der Waals surface area contributed by atoms with Gasteiger partial charge < -0.3 is 10.5 Å². The highest BCUT2D eigenvalue weighted by molar-refractivity contribution is 7.14. The summed E-state index contributed by atoms with van der Waals surface area (Å²) in [7, 11) is 0. The Hall–Kier alpha value is -2.14. The molecule has 4 nitrogen and oxygen atoms in total. The third-order valence-electron chi connectivity index (χ3n) is 3.69. The van der Waals surface area contributed by atoms with Gasteiger partial charge >= 0.3 is 0 Å². The van der Waals surface area contributed by atoms with Gasteiger partial charge in [0.15, 0.2) is 0 Å². The molecule has 1 aliphatic rings. The quantitative estimate of drug-likeness (QED) is 0.516. The summed E-state index contributed by atoms with van der Waals surface area (Å²) in [6.45, 7) is 1.70. The molecule has 0 saturated carbocycles. The van der Waals surface area contributed by atoms with Gasteiger partial charge in [0.1, 0.15) is 0 Å². The van der Waals surface area contributed by atoms with Crippen molar-refractivity contribution >= 4 is 28.6 Å². The third-order valence-corrected chi connectivity index (χ3v) is 4.92. The van der Waals surface area contributed by atoms with Crippen LogP contribution in [0.5, 0.6) is 0 Å². The Balaban J connectivity index is 1.84. The fraction of sp³-hybridized carbons (Fsp3) is 0.250. The van der Waals surface area contributed by atoms with Crippen molar-refractivity contribution in [2.24, 2.45) is 5.16 Å². The second kappa shape index (κ2) is 5.69. The lowest BCUT2D eigenvalue weighted by molar-refractivity contribution is 0.103. The molecule has 2 aromatic rings. The molecule has 0 atom stereocenters. The van der Waals surface area contributed by atoms with Crippen LogP contribution in [0.2, 0.25) is 0 Å². The molecule has 1 aliphatic carbocycles. The minimum Gasteiger partial charge on any atom is -0.411 e. The molecule has 3 rings (SSSR count). The number of aryl methyl sites for hydroxylation is 2. The maximum Gasteiger partial charge on any atom is 0.265 e. The van der Waals surface area contributed by atoms with Crippen molar-refractivity contribution in [3.8, 4) is 0 Å². The number of rotatable bonds is 3. The first-order valence-corrected chi connectivity index (χ1v) is 7.71. The van der Waals surface area contributed by atoms with Crippen molar-refractivity contribution in [1.82, 2.24) is 0 Å². The number of nitrogens with zero attached hydrogens (tertiary/aromatic N) is 1. The van der Waals surface area contributed by atoms with Crippen LogP contribution < -0.4 is 5.32 Å². The van der Waals surface area contributed by atoms with E-state index in [9.17, 15) is 4.79 Å². The number of fused-ring (bicyclic) bond motifs is 1. The van der Waals surface area contributed by atoms with Crippen molar-refractivity contribution in [2.75, 3.05) is 5.32 Å². The highest BCUT2D eigenvalue weighted by Crippen LogP contribution is 2.31. The lowest BCUT2D eigenvalue weighted by Gasteiger charge is -2.09. The summed E-state index contributed by atoms with van der Waals surface area (Å²) < 4.78 is 0. The zero-order chi connectivity index (χ0) is 14.8. The molecule has 1 aromatic heterocycles. The van der Waals surface area contributed by atoms with Gasteiger partial charge in [-0.1, -0.05) is 23.4 Å². The molecule has 0 fully saturated rings. The Morgan fingerprint density at radius 3 is 2.90 bits per heavy atom. The van der Waals surface area contributed by atoms with Crippen LogP contribution in [0.25, 0.3) is 0 Å². The monoisotopic (exact) mass is 300 g/mol. The van der Waals surface area contributed by atoms with E-state index >= 15 is 0 Å². The van der Waals surface area contributed by atoms with Crippen molar-refractivity contribution in [3.63, 3.8) is 0 Å². The van der Waals surface area contributed by atoms with Crippen molar-refractivity contribution in [2.45, 2.75) is 26.2 Å². The number of carbonyl (C=O) groups is 1. The van der Waals surface area contributed by atoms with Crippen LogP contribution in [0, 0.1) is 0 Å². The van der Waals surface area contributed by atoms with Crippen molar-refractivity contribution in [1.29, 1.82) is 0 Å². The van der Waals surface area contributed by atoms with E-state index in [2.05, 4.69) is 10.5 Å². The number of nitrogens with one attached hydrogen (secondary N) is 1. The van der Waals surface area contributed by atoms with Gasteiger partial charge in [-0.05, 0) is 43.9 Å². The molecule has 0 unspecified atom stereocenters. The van der Waals surface area contributed by atoms with Gasteiger partial charge in [0.25, 0.3) is 5.91 Å². The smallest absolute Gasteiger partial charge is 0.265 e. The normalized spacial score (nSPS) is 14.0. The molecule has 1 amide bonds. The predicted molar refractivity (Wildman–Crippen MR) is 84.7 cm³/mol. The summed E-state index contributed by atoms with van der Waals surface area (Å²) in [6, 6.07) is 9.32. The molecule has 21 heavy (non-hydrogen) atoms. The first kappa shape index (κ1) is 13.8. The minimum absolute atomic E-state index is 0.104. The Morgan fingerprint density at radius 1 is 1.33 bits per heavy atom. The van der Waals surface area contributed by atoms with Gasteiger partial charge in [0.05, 0.1) is 16.3 Å². The van der Waals surface area contributed by atoms with Crippen LogP contribution in [-0.4, -0.2) is 16.8 Å². The molecule has 0 radical (unpaired) electrons. The fourth-order valence-electron chi connectivity index (χ4n) is 2.59. The lowest BCUT2D eigenvalue weighted by atomic mass is 10.1. The van der Waals surface area contributed by atoms with Crippen LogP contribution in [0.3, 0.4) is 0 Å². The summed E-state index contributed by atoms with van der Waals surface area (Å²) in [5.41, 5.74) is 3.16. The van der Waals surface area contributed by atoms with Gasteiger partial charge in [-0.25, -0.2) is 0 Å². The first-order valence-electron chi connectivity index (χ1n) is 6.90. The van der Waals surface area contributed by atoms with E-state index < -0.39 is 0 Å². The number of thiophene rings is 1. The molecule has 0 aliphatic heterocycles. The van der Waals surface area contributed by atoms with E-state index in [4.69, 9.17) is 5.21 Å². The van der Waals surface area contributed by atoms with E-state index in [-0.39, 0.29) is 5.91 Å². The number of carbonyl (C=O) groups excluding carboxylic acids is 1. The maximum atomic E-state index is 12.4. The minimum atomic E-state index is -0.104. The Kier molecular flexibility index (Phi) is 3.75. The highest BCUT2D eigenvalue weighted by Gasteiger charge is 2.19. The predicted octanol–water partition coefficient (Wildman–Crippen LogP) is 3.69. The van der Waals surface area contributed by atoms with E-state index in [1.807, 2.05) is 30.3 Å². The molecule has 0 bridgehead atoms. The lowest BCUT2D eigenvalue weighted by Crippen LogP contribution is -2.13. The fourth-order valence-corrected chi connectivity index (χ4v) is 3.74. The maximum absolute atomic E-state index is 12.4. The topological polar surface area (TPSA) is 61.7 Å². The number of hydrogen-bond acceptors (Lipinski definition) is 4. The van der Waals surface area contributed by atoms with Gasteiger partial charge in [-0.2, -0.15) is 0 Å². The Morgan fingerprint density at radius 2 is 2.14 bits per heavy atom. The summed E-state index contributed by atoms with van der Waals surface area (Å²) in [4.78, 5) is 14.5. The van der Waals surface area contributed by atoms with Crippen molar-refractivity contribution in [3.05, 3.63) is 51.2 Å². The molecule has 1 heterocycles. The van der Waals surface area contributed by atoms with Crippen LogP contribution in [0.15, 0.2) is 35.5 Å². The second-order valence-electron chi connectivity index (χ2n) is 5.10. The second-order valence-corrected chi connectivity index (χ2v) is 6.23. The number of oxime groups is 1. The molecule has 2 N–H and O–H groups in total. The average molecular weight is 300 g/mol. The summed E-state index contributed by atoms with van der Waals surface area (Å²) >= 11 is 1.58. The van der Waals surface area contributed by atoms with E-state index in [0.29, 0.717) is 11.4 Å². The Labute approximate surface area is 127 Å². The SMILES string of the molecule is C/C(=N\O)c1ccccc1NC(=O)c1cc2c(s1)CCC2. The van der Waals surface area contributed by atoms with Crippen molar-refractivity contribution < 1.29 is 10.0 Å².